The minimum atomic E-state index is -0.980. The maximum atomic E-state index is 11.3. The van der Waals surface area contributed by atoms with Crippen molar-refractivity contribution in [2.75, 3.05) is 12.4 Å². The summed E-state index contributed by atoms with van der Waals surface area (Å²) in [7, 11) is 0. The lowest BCUT2D eigenvalue weighted by atomic mass is 10.1. The van der Waals surface area contributed by atoms with E-state index in [0.717, 1.165) is 11.1 Å². The summed E-state index contributed by atoms with van der Waals surface area (Å²) in [6.07, 6.45) is 0.255. The van der Waals surface area contributed by atoms with E-state index in [1.54, 1.807) is 0 Å². The molecule has 0 aromatic heterocycles. The highest BCUT2D eigenvalue weighted by molar-refractivity contribution is 6.26. The summed E-state index contributed by atoms with van der Waals surface area (Å²) in [6, 6.07) is 7.70. The van der Waals surface area contributed by atoms with Crippen LogP contribution in [0.3, 0.4) is 0 Å². The van der Waals surface area contributed by atoms with Gasteiger partial charge in [0.25, 0.3) is 0 Å². The molecule has 0 radical (unpaired) electrons. The number of carbonyl (C=O) groups is 3. The number of benzene rings is 1. The molecule has 0 aliphatic carbocycles. The highest BCUT2D eigenvalue weighted by Crippen LogP contribution is 2.09. The number of aliphatic carboxylic acids is 1. The van der Waals surface area contributed by atoms with E-state index >= 15 is 0 Å². The van der Waals surface area contributed by atoms with Crippen LogP contribution >= 0.6 is 11.6 Å². The molecule has 0 heterocycles. The number of ether oxygens (including phenoxy) is 1. The molecule has 0 aliphatic heterocycles. The molecule has 22 heavy (non-hydrogen) atoms. The predicted molar refractivity (Wildman–Crippen MR) is 82.6 cm³/mol. The molecular weight excluding hydrogens is 310 g/mol. The van der Waals surface area contributed by atoms with Crippen LogP contribution in [0.5, 0.6) is 0 Å². The van der Waals surface area contributed by atoms with Crippen LogP contribution < -0.4 is 5.73 Å². The van der Waals surface area contributed by atoms with Crippen molar-refractivity contribution in [1.29, 1.82) is 0 Å². The molecule has 0 saturated heterocycles. The van der Waals surface area contributed by atoms with Crippen molar-refractivity contribution < 1.29 is 24.2 Å². The van der Waals surface area contributed by atoms with Gasteiger partial charge in [-0.15, -0.1) is 11.6 Å². The molecule has 1 aromatic rings. The monoisotopic (exact) mass is 329 g/mol. The van der Waals surface area contributed by atoms with E-state index in [9.17, 15) is 14.4 Å². The van der Waals surface area contributed by atoms with Crippen LogP contribution in [0.25, 0.3) is 0 Å². The lowest BCUT2D eigenvalue weighted by molar-refractivity contribution is -0.146. The predicted octanol–water partition coefficient (Wildman–Crippen LogP) is 1.66. The number of hydrogen-bond donors (Lipinski definition) is 2. The Labute approximate surface area is 134 Å². The van der Waals surface area contributed by atoms with Crippen molar-refractivity contribution in [2.45, 2.75) is 26.4 Å². The van der Waals surface area contributed by atoms with Gasteiger partial charge in [0.15, 0.2) is 0 Å². The van der Waals surface area contributed by atoms with Crippen LogP contribution in [-0.4, -0.2) is 35.3 Å². The molecule has 0 saturated carbocycles. The lowest BCUT2D eigenvalue weighted by Gasteiger charge is -2.06. The second-order valence-corrected chi connectivity index (χ2v) is 4.62. The fraction of sp³-hybridized carbons (Fsp3) is 0.400. The van der Waals surface area contributed by atoms with Gasteiger partial charge in [0.05, 0.1) is 13.0 Å². The summed E-state index contributed by atoms with van der Waals surface area (Å²) >= 11 is 4.74. The van der Waals surface area contributed by atoms with Crippen molar-refractivity contribution in [3.05, 3.63) is 35.4 Å². The average molecular weight is 330 g/mol. The Kier molecular flexibility index (Phi) is 10.7. The molecular formula is C15H20ClNO5. The fourth-order valence-corrected chi connectivity index (χ4v) is 1.35. The van der Waals surface area contributed by atoms with Gasteiger partial charge in [0.1, 0.15) is 18.3 Å². The van der Waals surface area contributed by atoms with Crippen molar-refractivity contribution >= 4 is 29.3 Å². The molecule has 0 amide bonds. The molecule has 0 bridgehead atoms. The number of carboxylic acids is 1. The first-order valence-electron chi connectivity index (χ1n) is 6.60. The summed E-state index contributed by atoms with van der Waals surface area (Å²) in [5, 5.41) is 7.59. The maximum Gasteiger partial charge on any atom is 0.318 e. The Morgan fingerprint density at radius 3 is 2.32 bits per heavy atom. The van der Waals surface area contributed by atoms with Gasteiger partial charge in [0.2, 0.25) is 0 Å². The third-order valence-corrected chi connectivity index (χ3v) is 2.83. The summed E-state index contributed by atoms with van der Waals surface area (Å²) in [4.78, 5) is 31.5. The van der Waals surface area contributed by atoms with Crippen molar-refractivity contribution in [3.8, 4) is 0 Å². The van der Waals surface area contributed by atoms with Gasteiger partial charge in [-0.05, 0) is 18.1 Å². The van der Waals surface area contributed by atoms with Crippen molar-refractivity contribution in [1.82, 2.24) is 0 Å². The van der Waals surface area contributed by atoms with Crippen LogP contribution in [0.4, 0.5) is 0 Å². The SMILES string of the molecule is Cc1ccccc1COC(=O)CCC(=O)CN.O=C(O)CCl. The highest BCUT2D eigenvalue weighted by Gasteiger charge is 2.07. The molecule has 1 aromatic carbocycles. The molecule has 0 atom stereocenters. The highest BCUT2D eigenvalue weighted by atomic mass is 35.5. The number of alkyl halides is 1. The Bertz CT molecular complexity index is 504. The molecule has 3 N–H and O–H groups in total. The normalized spacial score (nSPS) is 9.41. The summed E-state index contributed by atoms with van der Waals surface area (Å²) in [5.41, 5.74) is 7.20. The van der Waals surface area contributed by atoms with Gasteiger partial charge in [0, 0.05) is 6.42 Å². The van der Waals surface area contributed by atoms with E-state index in [4.69, 9.17) is 27.2 Å². The van der Waals surface area contributed by atoms with E-state index in [-0.39, 0.29) is 43.6 Å². The standard InChI is InChI=1S/C13H17NO3.C2H3ClO2/c1-10-4-2-3-5-11(10)9-17-13(16)7-6-12(15)8-14;3-1-2(4)5/h2-5H,6-9,14H2,1H3;1H2,(H,4,5). The molecule has 122 valence electrons. The zero-order chi connectivity index (χ0) is 17.0. The third-order valence-electron chi connectivity index (χ3n) is 2.60. The molecule has 6 nitrogen and oxygen atoms in total. The van der Waals surface area contributed by atoms with Gasteiger partial charge < -0.3 is 15.6 Å². The minimum Gasteiger partial charge on any atom is -0.480 e. The summed E-state index contributed by atoms with van der Waals surface area (Å²) in [5.74, 6) is -1.78. The number of carboxylic acid groups (broad SMARTS) is 1. The smallest absolute Gasteiger partial charge is 0.318 e. The molecule has 0 spiro atoms. The fourth-order valence-electron chi connectivity index (χ4n) is 1.35. The minimum absolute atomic E-state index is 0.0227. The van der Waals surface area contributed by atoms with Crippen molar-refractivity contribution in [2.24, 2.45) is 5.73 Å². The van der Waals surface area contributed by atoms with E-state index in [1.807, 2.05) is 31.2 Å². The van der Waals surface area contributed by atoms with Crippen LogP contribution in [0.15, 0.2) is 24.3 Å². The third kappa shape index (κ3) is 9.90. The number of nitrogens with two attached hydrogens (primary N) is 1. The van der Waals surface area contributed by atoms with Gasteiger partial charge in [-0.3, -0.25) is 14.4 Å². The molecule has 7 heteroatoms. The first-order chi connectivity index (χ1) is 10.4. The Hall–Kier alpha value is -1.92. The first kappa shape index (κ1) is 20.1. The average Bonchev–Trinajstić information content (AvgIpc) is 2.52. The van der Waals surface area contributed by atoms with Gasteiger partial charge in [-0.1, -0.05) is 24.3 Å². The summed E-state index contributed by atoms with van der Waals surface area (Å²) in [6.45, 7) is 2.19. The second-order valence-electron chi connectivity index (χ2n) is 4.36. The molecule has 1 rings (SSSR count). The number of ketones is 1. The van der Waals surface area contributed by atoms with E-state index < -0.39 is 5.97 Å². The van der Waals surface area contributed by atoms with Crippen LogP contribution in [-0.2, 0) is 25.7 Å². The largest absolute Gasteiger partial charge is 0.480 e. The number of aryl methyl sites for hydroxylation is 1. The number of rotatable bonds is 7. The van der Waals surface area contributed by atoms with Gasteiger partial charge in [-0.2, -0.15) is 0 Å². The maximum absolute atomic E-state index is 11.3. The summed E-state index contributed by atoms with van der Waals surface area (Å²) < 4.78 is 5.07. The van der Waals surface area contributed by atoms with Crippen LogP contribution in [0.1, 0.15) is 24.0 Å². The number of halogens is 1. The second kappa shape index (κ2) is 11.7. The van der Waals surface area contributed by atoms with E-state index in [0.29, 0.717) is 0 Å². The quantitative estimate of drug-likeness (QED) is 0.582. The van der Waals surface area contributed by atoms with E-state index in [1.165, 1.54) is 0 Å². The molecule has 0 fully saturated rings. The zero-order valence-corrected chi connectivity index (χ0v) is 13.1. The number of hydrogen-bond acceptors (Lipinski definition) is 5. The van der Waals surface area contributed by atoms with Gasteiger partial charge >= 0.3 is 11.9 Å². The Balaban J connectivity index is 0.000000763. The van der Waals surface area contributed by atoms with Crippen LogP contribution in [0.2, 0.25) is 0 Å². The Morgan fingerprint density at radius 1 is 1.23 bits per heavy atom. The first-order valence-corrected chi connectivity index (χ1v) is 7.13. The zero-order valence-electron chi connectivity index (χ0n) is 12.4. The topological polar surface area (TPSA) is 107 Å². The molecule has 0 unspecified atom stereocenters. The number of esters is 1. The molecule has 0 aliphatic rings. The number of carbonyl (C=O) groups excluding carboxylic acids is 2. The lowest BCUT2D eigenvalue weighted by Crippen LogP contribution is -2.15. The van der Waals surface area contributed by atoms with Crippen LogP contribution in [0, 0.1) is 6.92 Å². The van der Waals surface area contributed by atoms with E-state index in [2.05, 4.69) is 0 Å². The number of Topliss-reactive ketones (excluding diaryl/α,β-unsaturated/α-hetero) is 1. The Morgan fingerprint density at radius 2 is 1.82 bits per heavy atom. The van der Waals surface area contributed by atoms with Gasteiger partial charge in [-0.25, -0.2) is 0 Å². The van der Waals surface area contributed by atoms with Crippen molar-refractivity contribution in [3.63, 3.8) is 0 Å².